The van der Waals surface area contributed by atoms with Crippen LogP contribution in [0.15, 0.2) is 24.3 Å². The van der Waals surface area contributed by atoms with Crippen molar-refractivity contribution in [1.29, 1.82) is 0 Å². The van der Waals surface area contributed by atoms with Crippen LogP contribution in [0.1, 0.15) is 12.0 Å². The third-order valence-electron chi connectivity index (χ3n) is 2.50. The van der Waals surface area contributed by atoms with Crippen LogP contribution in [-0.2, 0) is 11.3 Å². The van der Waals surface area contributed by atoms with Gasteiger partial charge in [-0.1, -0.05) is 18.2 Å². The molecule has 0 bridgehead atoms. The lowest BCUT2D eigenvalue weighted by Gasteiger charge is -2.15. The summed E-state index contributed by atoms with van der Waals surface area (Å²) in [5.74, 6) is -3.49. The quantitative estimate of drug-likeness (QED) is 0.563. The highest BCUT2D eigenvalue weighted by Crippen LogP contribution is 2.23. The molecule has 0 amide bonds. The molecule has 0 aliphatic rings. The summed E-state index contributed by atoms with van der Waals surface area (Å²) in [4.78, 5) is 0. The predicted molar refractivity (Wildman–Crippen MR) is 66.2 cm³/mol. The van der Waals surface area contributed by atoms with Crippen molar-refractivity contribution in [2.75, 3.05) is 19.8 Å². The van der Waals surface area contributed by atoms with Gasteiger partial charge in [0.15, 0.2) is 0 Å². The maximum atomic E-state index is 12.5. The summed E-state index contributed by atoms with van der Waals surface area (Å²) in [7, 11) is 0. The molecule has 0 aliphatic heterocycles. The zero-order valence-electron chi connectivity index (χ0n) is 10.8. The van der Waals surface area contributed by atoms with Gasteiger partial charge in [-0.15, -0.1) is 0 Å². The number of ether oxygens (including phenoxy) is 2. The standard InChI is InChI=1S/C13H17F4NO2/c14-12(15)13(16,17)9-19-6-3-7-20-11-5-2-1-4-10(11)8-18/h1-2,4-5,12H,3,6-9,18H2. The molecule has 0 heterocycles. The van der Waals surface area contributed by atoms with Crippen LogP contribution in [0.4, 0.5) is 17.6 Å². The molecule has 0 spiro atoms. The number of para-hydroxylation sites is 1. The van der Waals surface area contributed by atoms with Crippen molar-refractivity contribution in [3.05, 3.63) is 29.8 Å². The molecule has 0 unspecified atom stereocenters. The van der Waals surface area contributed by atoms with Gasteiger partial charge in [0.25, 0.3) is 0 Å². The number of rotatable bonds is 9. The lowest BCUT2D eigenvalue weighted by atomic mass is 10.2. The molecule has 7 heteroatoms. The minimum absolute atomic E-state index is 0.0763. The average molecular weight is 295 g/mol. The van der Waals surface area contributed by atoms with Crippen LogP contribution in [0.3, 0.4) is 0 Å². The average Bonchev–Trinajstić information content (AvgIpc) is 2.42. The first kappa shape index (κ1) is 16.7. The molecule has 114 valence electrons. The molecule has 0 aromatic heterocycles. The van der Waals surface area contributed by atoms with Crippen LogP contribution in [-0.4, -0.2) is 32.2 Å². The van der Waals surface area contributed by atoms with E-state index in [-0.39, 0.29) is 13.2 Å². The highest BCUT2D eigenvalue weighted by Gasteiger charge is 2.40. The number of hydrogen-bond acceptors (Lipinski definition) is 3. The van der Waals surface area contributed by atoms with E-state index in [9.17, 15) is 17.6 Å². The van der Waals surface area contributed by atoms with Crippen molar-refractivity contribution in [3.8, 4) is 5.75 Å². The van der Waals surface area contributed by atoms with E-state index in [0.29, 0.717) is 18.7 Å². The normalized spacial score (nSPS) is 11.9. The van der Waals surface area contributed by atoms with Crippen LogP contribution in [0.5, 0.6) is 5.75 Å². The van der Waals surface area contributed by atoms with Crippen molar-refractivity contribution in [2.45, 2.75) is 25.3 Å². The van der Waals surface area contributed by atoms with Crippen LogP contribution < -0.4 is 10.5 Å². The molecule has 0 fully saturated rings. The summed E-state index contributed by atoms with van der Waals surface area (Å²) >= 11 is 0. The van der Waals surface area contributed by atoms with Gasteiger partial charge in [0.2, 0.25) is 0 Å². The van der Waals surface area contributed by atoms with Gasteiger partial charge in [-0.2, -0.15) is 8.78 Å². The van der Waals surface area contributed by atoms with E-state index in [4.69, 9.17) is 10.5 Å². The van der Waals surface area contributed by atoms with Gasteiger partial charge in [0.05, 0.1) is 13.2 Å². The smallest absolute Gasteiger partial charge is 0.330 e. The van der Waals surface area contributed by atoms with Crippen LogP contribution in [0.25, 0.3) is 0 Å². The van der Waals surface area contributed by atoms with Crippen molar-refractivity contribution in [3.63, 3.8) is 0 Å². The SMILES string of the molecule is NCc1ccccc1OCCCOCC(F)(F)C(F)F. The second-order valence-corrected chi connectivity index (χ2v) is 4.13. The second kappa shape index (κ2) is 8.06. The Kier molecular flexibility index (Phi) is 6.74. The molecule has 1 aromatic rings. The Labute approximate surface area is 114 Å². The Hall–Kier alpha value is -1.34. The fraction of sp³-hybridized carbons (Fsp3) is 0.538. The van der Waals surface area contributed by atoms with Gasteiger partial charge in [-0.3, -0.25) is 0 Å². The minimum Gasteiger partial charge on any atom is -0.493 e. The number of benzene rings is 1. The topological polar surface area (TPSA) is 44.5 Å². The van der Waals surface area contributed by atoms with Gasteiger partial charge in [0, 0.05) is 18.5 Å². The van der Waals surface area contributed by atoms with Crippen molar-refractivity contribution < 1.29 is 27.0 Å². The number of halogens is 4. The molecule has 1 aromatic carbocycles. The summed E-state index contributed by atoms with van der Waals surface area (Å²) in [6.07, 6.45) is -3.40. The molecule has 0 atom stereocenters. The first-order valence-corrected chi connectivity index (χ1v) is 6.12. The molecule has 20 heavy (non-hydrogen) atoms. The third kappa shape index (κ3) is 5.34. The van der Waals surface area contributed by atoms with E-state index in [1.807, 2.05) is 12.1 Å². The Morgan fingerprint density at radius 3 is 2.50 bits per heavy atom. The molecule has 1 rings (SSSR count). The van der Waals surface area contributed by atoms with E-state index in [2.05, 4.69) is 4.74 Å². The molecule has 0 saturated heterocycles. The van der Waals surface area contributed by atoms with Crippen molar-refractivity contribution in [1.82, 2.24) is 0 Å². The van der Waals surface area contributed by atoms with E-state index < -0.39 is 19.0 Å². The largest absolute Gasteiger partial charge is 0.493 e. The lowest BCUT2D eigenvalue weighted by molar-refractivity contribution is -0.166. The summed E-state index contributed by atoms with van der Waals surface area (Å²) < 4.78 is 58.6. The van der Waals surface area contributed by atoms with E-state index in [0.717, 1.165) is 5.56 Å². The Bertz CT molecular complexity index is 402. The van der Waals surface area contributed by atoms with Crippen LogP contribution >= 0.6 is 0 Å². The maximum Gasteiger partial charge on any atom is 0.330 e. The van der Waals surface area contributed by atoms with Gasteiger partial charge >= 0.3 is 12.3 Å². The molecule has 0 saturated carbocycles. The molecular weight excluding hydrogens is 278 g/mol. The van der Waals surface area contributed by atoms with Crippen LogP contribution in [0.2, 0.25) is 0 Å². The number of alkyl halides is 4. The fourth-order valence-corrected chi connectivity index (χ4v) is 1.43. The predicted octanol–water partition coefficient (Wildman–Crippen LogP) is 2.83. The summed E-state index contributed by atoms with van der Waals surface area (Å²) in [6, 6.07) is 7.17. The summed E-state index contributed by atoms with van der Waals surface area (Å²) in [5, 5.41) is 0. The minimum atomic E-state index is -4.10. The molecule has 0 aliphatic carbocycles. The Morgan fingerprint density at radius 1 is 1.15 bits per heavy atom. The second-order valence-electron chi connectivity index (χ2n) is 4.13. The molecule has 2 N–H and O–H groups in total. The molecule has 0 radical (unpaired) electrons. The van der Waals surface area contributed by atoms with Gasteiger partial charge < -0.3 is 15.2 Å². The Morgan fingerprint density at radius 2 is 1.85 bits per heavy atom. The first-order valence-electron chi connectivity index (χ1n) is 6.12. The van der Waals surface area contributed by atoms with Gasteiger partial charge in [0.1, 0.15) is 12.4 Å². The highest BCUT2D eigenvalue weighted by molar-refractivity contribution is 5.32. The van der Waals surface area contributed by atoms with E-state index in [1.54, 1.807) is 12.1 Å². The first-order chi connectivity index (χ1) is 9.47. The van der Waals surface area contributed by atoms with Crippen molar-refractivity contribution >= 4 is 0 Å². The van der Waals surface area contributed by atoms with Gasteiger partial charge in [-0.05, 0) is 6.07 Å². The lowest BCUT2D eigenvalue weighted by Crippen LogP contribution is -2.32. The van der Waals surface area contributed by atoms with Crippen molar-refractivity contribution in [2.24, 2.45) is 5.73 Å². The molecular formula is C13H17F4NO2. The number of hydrogen-bond donors (Lipinski definition) is 1. The Balaban J connectivity index is 2.20. The van der Waals surface area contributed by atoms with E-state index >= 15 is 0 Å². The van der Waals surface area contributed by atoms with Crippen LogP contribution in [0, 0.1) is 0 Å². The zero-order chi connectivity index (χ0) is 15.0. The monoisotopic (exact) mass is 295 g/mol. The third-order valence-corrected chi connectivity index (χ3v) is 2.50. The van der Waals surface area contributed by atoms with E-state index in [1.165, 1.54) is 0 Å². The van der Waals surface area contributed by atoms with Gasteiger partial charge in [-0.25, -0.2) is 8.78 Å². The summed E-state index contributed by atoms with van der Waals surface area (Å²) in [5.41, 5.74) is 6.35. The number of nitrogens with two attached hydrogens (primary N) is 1. The summed E-state index contributed by atoms with van der Waals surface area (Å²) in [6.45, 7) is -0.804. The molecule has 3 nitrogen and oxygen atoms in total. The highest BCUT2D eigenvalue weighted by atomic mass is 19.3. The zero-order valence-corrected chi connectivity index (χ0v) is 10.8. The maximum absolute atomic E-state index is 12.5. The fourth-order valence-electron chi connectivity index (χ4n) is 1.43.